The molecule has 3 rings (SSSR count). The van der Waals surface area contributed by atoms with E-state index in [1.165, 1.54) is 0 Å². The largest absolute Gasteiger partial charge is 0.486 e. The van der Waals surface area contributed by atoms with Crippen LogP contribution in [-0.4, -0.2) is 47.3 Å². The number of unbranched alkanes of at least 4 members (excludes halogenated alkanes) is 2. The summed E-state index contributed by atoms with van der Waals surface area (Å²) in [6, 6.07) is 15.7. The minimum absolute atomic E-state index is 0.0383. The fourth-order valence-corrected chi connectivity index (χ4v) is 4.19. The van der Waals surface area contributed by atoms with Gasteiger partial charge in [0.05, 0.1) is 6.54 Å². The summed E-state index contributed by atoms with van der Waals surface area (Å²) in [7, 11) is 0. The van der Waals surface area contributed by atoms with Gasteiger partial charge < -0.3 is 15.2 Å². The number of aliphatic hydroxyl groups is 1. The maximum Gasteiger partial charge on any atom is 0.238 e. The molecule has 1 amide bonds. The minimum Gasteiger partial charge on any atom is -0.486 e. The van der Waals surface area contributed by atoms with Crippen molar-refractivity contribution < 1.29 is 14.6 Å². The SMILES string of the molecule is CCCCC[C@]1(O)CCN(CC(=O)Nc2cc(C)ccc2C)C[C@@H]1Oc1ccccc1. The van der Waals surface area contributed by atoms with Crippen LogP contribution in [0.4, 0.5) is 5.69 Å². The van der Waals surface area contributed by atoms with E-state index in [2.05, 4.69) is 17.1 Å². The number of para-hydroxylation sites is 1. The predicted octanol–water partition coefficient (Wildman–Crippen LogP) is 4.71. The average Bonchev–Trinajstić information content (AvgIpc) is 2.74. The smallest absolute Gasteiger partial charge is 0.238 e. The van der Waals surface area contributed by atoms with Gasteiger partial charge in [0.2, 0.25) is 5.91 Å². The summed E-state index contributed by atoms with van der Waals surface area (Å²) >= 11 is 0. The lowest BCUT2D eigenvalue weighted by atomic mass is 9.83. The highest BCUT2D eigenvalue weighted by Gasteiger charge is 2.43. The first-order valence-corrected chi connectivity index (χ1v) is 11.4. The Balaban J connectivity index is 1.66. The number of ether oxygens (including phenoxy) is 1. The Hall–Kier alpha value is -2.37. The number of anilines is 1. The van der Waals surface area contributed by atoms with Crippen LogP contribution in [0.3, 0.4) is 0 Å². The van der Waals surface area contributed by atoms with Crippen LogP contribution >= 0.6 is 0 Å². The van der Waals surface area contributed by atoms with E-state index in [1.807, 2.05) is 62.4 Å². The van der Waals surface area contributed by atoms with Crippen LogP contribution in [0.1, 0.15) is 50.2 Å². The third-order valence-electron chi connectivity index (χ3n) is 6.15. The molecule has 168 valence electrons. The van der Waals surface area contributed by atoms with Crippen molar-refractivity contribution in [2.75, 3.05) is 25.0 Å². The summed E-state index contributed by atoms with van der Waals surface area (Å²) in [6.45, 7) is 7.67. The maximum absolute atomic E-state index is 12.7. The molecule has 1 saturated heterocycles. The molecule has 1 heterocycles. The molecule has 0 aromatic heterocycles. The van der Waals surface area contributed by atoms with Gasteiger partial charge in [-0.25, -0.2) is 0 Å². The summed E-state index contributed by atoms with van der Waals surface area (Å²) < 4.78 is 6.24. The van der Waals surface area contributed by atoms with Crippen LogP contribution < -0.4 is 10.1 Å². The summed E-state index contributed by atoms with van der Waals surface area (Å²) in [4.78, 5) is 14.8. The molecule has 1 aliphatic rings. The van der Waals surface area contributed by atoms with Crippen molar-refractivity contribution in [2.24, 2.45) is 0 Å². The fourth-order valence-electron chi connectivity index (χ4n) is 4.19. The molecular weight excluding hydrogens is 388 g/mol. The molecule has 0 spiro atoms. The zero-order chi connectivity index (χ0) is 22.3. The number of rotatable bonds is 9. The van der Waals surface area contributed by atoms with E-state index in [9.17, 15) is 9.90 Å². The summed E-state index contributed by atoms with van der Waals surface area (Å²) in [5.41, 5.74) is 2.15. The normalized spacial score (nSPS) is 21.6. The van der Waals surface area contributed by atoms with Gasteiger partial charge in [0.1, 0.15) is 17.5 Å². The molecule has 5 nitrogen and oxygen atoms in total. The summed E-state index contributed by atoms with van der Waals surface area (Å²) in [6.07, 6.45) is 4.16. The lowest BCUT2D eigenvalue weighted by Gasteiger charge is -2.44. The van der Waals surface area contributed by atoms with Crippen molar-refractivity contribution in [3.63, 3.8) is 0 Å². The zero-order valence-electron chi connectivity index (χ0n) is 19.1. The monoisotopic (exact) mass is 424 g/mol. The Bertz CT molecular complexity index is 855. The highest BCUT2D eigenvalue weighted by molar-refractivity contribution is 5.93. The molecule has 0 radical (unpaired) electrons. The number of hydrogen-bond donors (Lipinski definition) is 2. The second kappa shape index (κ2) is 10.8. The molecule has 0 unspecified atom stereocenters. The van der Waals surface area contributed by atoms with Crippen LogP contribution in [0.15, 0.2) is 48.5 Å². The first-order valence-electron chi connectivity index (χ1n) is 11.4. The Morgan fingerprint density at radius 1 is 1.19 bits per heavy atom. The van der Waals surface area contributed by atoms with Gasteiger partial charge in [0.25, 0.3) is 0 Å². The van der Waals surface area contributed by atoms with E-state index in [0.717, 1.165) is 48.2 Å². The van der Waals surface area contributed by atoms with Gasteiger partial charge in [-0.3, -0.25) is 9.69 Å². The number of carbonyl (C=O) groups is 1. The topological polar surface area (TPSA) is 61.8 Å². The lowest BCUT2D eigenvalue weighted by Crippen LogP contribution is -2.58. The van der Waals surface area contributed by atoms with E-state index in [0.29, 0.717) is 19.5 Å². The highest BCUT2D eigenvalue weighted by atomic mass is 16.5. The standard InChI is InChI=1S/C26H36N2O3/c1-4-5-9-14-26(30)15-16-28(18-24(26)31-22-10-7-6-8-11-22)19-25(29)27-23-17-20(2)12-13-21(23)3/h6-8,10-13,17,24,30H,4-5,9,14-16,18-19H2,1-3H3,(H,27,29)/t24-,26-/m0/s1. The highest BCUT2D eigenvalue weighted by Crippen LogP contribution is 2.31. The van der Waals surface area contributed by atoms with Gasteiger partial charge in [0, 0.05) is 18.8 Å². The molecule has 2 aromatic rings. The zero-order valence-corrected chi connectivity index (χ0v) is 19.1. The van der Waals surface area contributed by atoms with Crippen LogP contribution in [0.5, 0.6) is 5.75 Å². The molecule has 1 aliphatic heterocycles. The molecule has 2 atom stereocenters. The van der Waals surface area contributed by atoms with Crippen molar-refractivity contribution in [2.45, 2.75) is 64.6 Å². The first kappa shape index (κ1) is 23.3. The molecule has 0 saturated carbocycles. The fraction of sp³-hybridized carbons (Fsp3) is 0.500. The van der Waals surface area contributed by atoms with Crippen LogP contribution in [0.2, 0.25) is 0 Å². The number of amides is 1. The van der Waals surface area contributed by atoms with Gasteiger partial charge in [0.15, 0.2) is 0 Å². The third kappa shape index (κ3) is 6.55. The van der Waals surface area contributed by atoms with Crippen molar-refractivity contribution >= 4 is 11.6 Å². The predicted molar refractivity (Wildman–Crippen MR) is 126 cm³/mol. The van der Waals surface area contributed by atoms with Gasteiger partial charge in [-0.15, -0.1) is 0 Å². The Labute approximate surface area is 186 Å². The third-order valence-corrected chi connectivity index (χ3v) is 6.15. The number of nitrogens with one attached hydrogen (secondary N) is 1. The second-order valence-electron chi connectivity index (χ2n) is 8.83. The van der Waals surface area contributed by atoms with Gasteiger partial charge in [-0.1, -0.05) is 56.5 Å². The second-order valence-corrected chi connectivity index (χ2v) is 8.83. The number of likely N-dealkylation sites (tertiary alicyclic amines) is 1. The number of aryl methyl sites for hydroxylation is 2. The van der Waals surface area contributed by atoms with E-state index in [4.69, 9.17) is 4.74 Å². The van der Waals surface area contributed by atoms with Crippen molar-refractivity contribution in [1.29, 1.82) is 0 Å². The molecule has 0 bridgehead atoms. The number of hydrogen-bond acceptors (Lipinski definition) is 4. The van der Waals surface area contributed by atoms with Crippen LogP contribution in [-0.2, 0) is 4.79 Å². The van der Waals surface area contributed by atoms with Gasteiger partial charge >= 0.3 is 0 Å². The van der Waals surface area contributed by atoms with Gasteiger partial charge in [-0.05, 0) is 56.0 Å². The Morgan fingerprint density at radius 3 is 2.71 bits per heavy atom. The number of benzene rings is 2. The number of nitrogens with zero attached hydrogens (tertiary/aromatic N) is 1. The van der Waals surface area contributed by atoms with E-state index >= 15 is 0 Å². The lowest BCUT2D eigenvalue weighted by molar-refractivity contribution is -0.127. The molecule has 31 heavy (non-hydrogen) atoms. The van der Waals surface area contributed by atoms with Crippen molar-refractivity contribution in [3.05, 3.63) is 59.7 Å². The van der Waals surface area contributed by atoms with E-state index in [-0.39, 0.29) is 18.6 Å². The quantitative estimate of drug-likeness (QED) is 0.573. The molecule has 2 aromatic carbocycles. The maximum atomic E-state index is 12.7. The molecule has 5 heteroatoms. The number of piperidine rings is 1. The van der Waals surface area contributed by atoms with Crippen LogP contribution in [0.25, 0.3) is 0 Å². The van der Waals surface area contributed by atoms with E-state index in [1.54, 1.807) is 0 Å². The van der Waals surface area contributed by atoms with Crippen LogP contribution in [0, 0.1) is 13.8 Å². The molecule has 2 N–H and O–H groups in total. The van der Waals surface area contributed by atoms with Gasteiger partial charge in [-0.2, -0.15) is 0 Å². The Kier molecular flexibility index (Phi) is 8.10. The van der Waals surface area contributed by atoms with Crippen molar-refractivity contribution in [1.82, 2.24) is 4.90 Å². The summed E-state index contributed by atoms with van der Waals surface area (Å²) in [5.74, 6) is 0.715. The van der Waals surface area contributed by atoms with E-state index < -0.39 is 5.60 Å². The van der Waals surface area contributed by atoms with Crippen molar-refractivity contribution in [3.8, 4) is 5.75 Å². The number of carbonyl (C=O) groups excluding carboxylic acids is 1. The minimum atomic E-state index is -0.870. The summed E-state index contributed by atoms with van der Waals surface area (Å²) in [5, 5.41) is 14.5. The Morgan fingerprint density at radius 2 is 1.97 bits per heavy atom. The molecular formula is C26H36N2O3. The molecule has 1 fully saturated rings. The first-order chi connectivity index (χ1) is 14.9. The average molecular weight is 425 g/mol. The molecule has 0 aliphatic carbocycles.